The molecule has 0 saturated heterocycles. The third kappa shape index (κ3) is 5.36. The van der Waals surface area contributed by atoms with E-state index in [2.05, 4.69) is 15.4 Å². The monoisotopic (exact) mass is 471 g/mol. The third-order valence-corrected chi connectivity index (χ3v) is 7.26. The van der Waals surface area contributed by atoms with Gasteiger partial charge < -0.3 is 20.2 Å². The fraction of sp³-hybridized carbons (Fsp3) is 0.417. The van der Waals surface area contributed by atoms with Crippen molar-refractivity contribution in [3.8, 4) is 0 Å². The summed E-state index contributed by atoms with van der Waals surface area (Å²) < 4.78 is 21.4. The van der Waals surface area contributed by atoms with Gasteiger partial charge in [-0.1, -0.05) is 26.7 Å². The van der Waals surface area contributed by atoms with E-state index in [0.717, 1.165) is 10.8 Å². The summed E-state index contributed by atoms with van der Waals surface area (Å²) in [5, 5.41) is 16.7. The quantitative estimate of drug-likeness (QED) is 0.382. The van der Waals surface area contributed by atoms with Crippen molar-refractivity contribution in [2.24, 2.45) is 11.8 Å². The van der Waals surface area contributed by atoms with Crippen LogP contribution in [0.1, 0.15) is 39.5 Å². The lowest BCUT2D eigenvalue weighted by Gasteiger charge is -2.17. The number of rotatable bonds is 8. The molecule has 2 atom stereocenters. The molecule has 4 N–H and O–H groups in total. The number of benzene rings is 2. The highest BCUT2D eigenvalue weighted by Gasteiger charge is 2.24. The second kappa shape index (κ2) is 9.93. The van der Waals surface area contributed by atoms with E-state index >= 15 is 0 Å². The molecule has 0 spiro atoms. The molecule has 3 aromatic rings. The SMILES string of the molecule is CC(C)C(NS(=O)c1ccc2oc3cc(NC(=O)NCC4CCCC4)ccc3c2c1)C(=O)O. The molecule has 1 heterocycles. The van der Waals surface area contributed by atoms with Crippen LogP contribution >= 0.6 is 0 Å². The number of nitrogens with one attached hydrogen (secondary N) is 3. The number of anilines is 1. The van der Waals surface area contributed by atoms with Crippen LogP contribution in [0, 0.1) is 11.8 Å². The predicted molar refractivity (Wildman–Crippen MR) is 129 cm³/mol. The molecule has 9 heteroatoms. The smallest absolute Gasteiger partial charge is 0.321 e. The molecule has 2 unspecified atom stereocenters. The summed E-state index contributed by atoms with van der Waals surface area (Å²) in [6, 6.07) is 9.37. The number of fused-ring (bicyclic) bond motifs is 3. The topological polar surface area (TPSA) is 121 Å². The number of carbonyl (C=O) groups is 2. The van der Waals surface area contributed by atoms with E-state index in [0.29, 0.717) is 34.2 Å². The van der Waals surface area contributed by atoms with Crippen LogP contribution in [0.4, 0.5) is 10.5 Å². The predicted octanol–water partition coefficient (Wildman–Crippen LogP) is 4.62. The van der Waals surface area contributed by atoms with Crippen molar-refractivity contribution in [1.29, 1.82) is 0 Å². The molecule has 4 rings (SSSR count). The number of hydrogen-bond acceptors (Lipinski definition) is 4. The van der Waals surface area contributed by atoms with Crippen molar-refractivity contribution in [3.63, 3.8) is 0 Å². The van der Waals surface area contributed by atoms with E-state index in [9.17, 15) is 18.9 Å². The molecule has 8 nitrogen and oxygen atoms in total. The van der Waals surface area contributed by atoms with Crippen molar-refractivity contribution in [1.82, 2.24) is 10.0 Å². The molecule has 1 aromatic heterocycles. The maximum atomic E-state index is 12.7. The van der Waals surface area contributed by atoms with Crippen LogP contribution in [0.3, 0.4) is 0 Å². The molecule has 1 aliphatic carbocycles. The first-order valence-corrected chi connectivity index (χ1v) is 12.4. The second-order valence-electron chi connectivity index (χ2n) is 8.90. The molecule has 1 aliphatic rings. The Balaban J connectivity index is 1.49. The highest BCUT2D eigenvalue weighted by molar-refractivity contribution is 7.83. The standard InChI is InChI=1S/C24H29N3O5S/c1-14(2)22(23(28)29)27-33(31)17-8-10-20-19(12-17)18-9-7-16(11-21(18)32-20)26-24(30)25-13-15-5-3-4-6-15/h7-12,14-15,22,27H,3-6,13H2,1-2H3,(H,28,29)(H2,25,26,30). The van der Waals surface area contributed by atoms with Crippen LogP contribution in [0.2, 0.25) is 0 Å². The van der Waals surface area contributed by atoms with Gasteiger partial charge in [0.1, 0.15) is 28.2 Å². The van der Waals surface area contributed by atoms with Crippen LogP contribution in [0.25, 0.3) is 21.9 Å². The van der Waals surface area contributed by atoms with Crippen LogP contribution < -0.4 is 15.4 Å². The van der Waals surface area contributed by atoms with Crippen molar-refractivity contribution in [2.45, 2.75) is 50.5 Å². The zero-order chi connectivity index (χ0) is 23.5. The minimum Gasteiger partial charge on any atom is -0.480 e. The van der Waals surface area contributed by atoms with Gasteiger partial charge in [-0.25, -0.2) is 13.7 Å². The third-order valence-electron chi connectivity index (χ3n) is 6.11. The lowest BCUT2D eigenvalue weighted by Crippen LogP contribution is -2.41. The maximum Gasteiger partial charge on any atom is 0.321 e. The average Bonchev–Trinajstić information content (AvgIpc) is 3.42. The molecule has 0 radical (unpaired) electrons. The minimum atomic E-state index is -1.69. The molecule has 2 amide bonds. The van der Waals surface area contributed by atoms with Crippen molar-refractivity contribution in [2.75, 3.05) is 11.9 Å². The number of aliphatic carboxylic acids is 1. The van der Waals surface area contributed by atoms with E-state index in [1.807, 2.05) is 6.07 Å². The molecule has 33 heavy (non-hydrogen) atoms. The Kier molecular flexibility index (Phi) is 6.99. The van der Waals surface area contributed by atoms with Gasteiger partial charge >= 0.3 is 12.0 Å². The first kappa shape index (κ1) is 23.3. The fourth-order valence-corrected chi connectivity index (χ4v) is 5.39. The van der Waals surface area contributed by atoms with Gasteiger partial charge in [-0.05, 0) is 55.0 Å². The normalized spacial score (nSPS) is 16.3. The molecule has 0 bridgehead atoms. The summed E-state index contributed by atoms with van der Waals surface area (Å²) >= 11 is 0. The lowest BCUT2D eigenvalue weighted by atomic mass is 10.1. The van der Waals surface area contributed by atoms with E-state index in [1.54, 1.807) is 44.2 Å². The summed E-state index contributed by atoms with van der Waals surface area (Å²) in [5.41, 5.74) is 1.84. The second-order valence-corrected chi connectivity index (χ2v) is 10.1. The number of urea groups is 1. The zero-order valence-corrected chi connectivity index (χ0v) is 19.5. The Labute approximate surface area is 194 Å². The first-order chi connectivity index (χ1) is 15.8. The average molecular weight is 472 g/mol. The molecule has 176 valence electrons. The summed E-state index contributed by atoms with van der Waals surface area (Å²) in [6.45, 7) is 4.21. The first-order valence-electron chi connectivity index (χ1n) is 11.2. The summed E-state index contributed by atoms with van der Waals surface area (Å²) in [7, 11) is -1.69. The number of furan rings is 1. The molecule has 2 aromatic carbocycles. The van der Waals surface area contributed by atoms with Gasteiger partial charge in [0.2, 0.25) is 0 Å². The van der Waals surface area contributed by atoms with Gasteiger partial charge in [0.15, 0.2) is 0 Å². The number of carboxylic acid groups (broad SMARTS) is 1. The summed E-state index contributed by atoms with van der Waals surface area (Å²) in [5.74, 6) is -0.694. The Bertz CT molecular complexity index is 1200. The van der Waals surface area contributed by atoms with E-state index in [4.69, 9.17) is 4.42 Å². The van der Waals surface area contributed by atoms with Crippen LogP contribution in [0.15, 0.2) is 45.7 Å². The number of carbonyl (C=O) groups excluding carboxylic acids is 1. The highest BCUT2D eigenvalue weighted by Crippen LogP contribution is 2.32. The Morgan fingerprint density at radius 2 is 1.85 bits per heavy atom. The molecular weight excluding hydrogens is 442 g/mol. The molecular formula is C24H29N3O5S. The number of amides is 2. The Morgan fingerprint density at radius 3 is 2.55 bits per heavy atom. The van der Waals surface area contributed by atoms with Crippen molar-refractivity contribution >= 4 is 50.6 Å². The van der Waals surface area contributed by atoms with E-state index < -0.39 is 23.0 Å². The molecule has 0 aliphatic heterocycles. The summed E-state index contributed by atoms with van der Waals surface area (Å²) in [6.07, 6.45) is 4.81. The largest absolute Gasteiger partial charge is 0.480 e. The van der Waals surface area contributed by atoms with Gasteiger partial charge in [-0.2, -0.15) is 0 Å². The van der Waals surface area contributed by atoms with Gasteiger partial charge in [0.05, 0.1) is 4.90 Å². The zero-order valence-electron chi connectivity index (χ0n) is 18.7. The van der Waals surface area contributed by atoms with E-state index in [1.165, 1.54) is 25.7 Å². The van der Waals surface area contributed by atoms with Crippen LogP contribution in [-0.2, 0) is 15.8 Å². The van der Waals surface area contributed by atoms with Gasteiger partial charge in [0.25, 0.3) is 0 Å². The molecule has 1 fully saturated rings. The van der Waals surface area contributed by atoms with Crippen LogP contribution in [-0.4, -0.2) is 33.9 Å². The minimum absolute atomic E-state index is 0.216. The number of carboxylic acids is 1. The van der Waals surface area contributed by atoms with E-state index in [-0.39, 0.29) is 11.9 Å². The van der Waals surface area contributed by atoms with Gasteiger partial charge in [0, 0.05) is 29.1 Å². The van der Waals surface area contributed by atoms with Crippen LogP contribution in [0.5, 0.6) is 0 Å². The summed E-state index contributed by atoms with van der Waals surface area (Å²) in [4.78, 5) is 24.1. The molecule has 1 saturated carbocycles. The highest BCUT2D eigenvalue weighted by atomic mass is 32.2. The number of hydrogen-bond donors (Lipinski definition) is 4. The lowest BCUT2D eigenvalue weighted by molar-refractivity contribution is -0.140. The Morgan fingerprint density at radius 1 is 1.09 bits per heavy atom. The fourth-order valence-electron chi connectivity index (χ4n) is 4.23. The van der Waals surface area contributed by atoms with Gasteiger partial charge in [-0.15, -0.1) is 0 Å². The Hall–Kier alpha value is -2.91. The van der Waals surface area contributed by atoms with Crippen molar-refractivity contribution in [3.05, 3.63) is 36.4 Å². The van der Waals surface area contributed by atoms with Gasteiger partial charge in [-0.3, -0.25) is 4.79 Å². The van der Waals surface area contributed by atoms with Crippen molar-refractivity contribution < 1.29 is 23.3 Å². The maximum absolute atomic E-state index is 12.7.